The summed E-state index contributed by atoms with van der Waals surface area (Å²) in [7, 11) is 0. The maximum Gasteiger partial charge on any atom is 0.258 e. The van der Waals surface area contributed by atoms with Gasteiger partial charge in [0.1, 0.15) is 5.82 Å². The fourth-order valence-corrected chi connectivity index (χ4v) is 5.01. The van der Waals surface area contributed by atoms with Crippen LogP contribution < -0.4 is 15.8 Å². The summed E-state index contributed by atoms with van der Waals surface area (Å²) in [6.07, 6.45) is 9.56. The molecule has 1 fully saturated rings. The Bertz CT molecular complexity index is 911. The lowest BCUT2D eigenvalue weighted by molar-refractivity contribution is -0.116. The molecule has 28 heavy (non-hydrogen) atoms. The predicted octanol–water partition coefficient (Wildman–Crippen LogP) is 2.48. The second kappa shape index (κ2) is 7.20. The highest BCUT2D eigenvalue weighted by atomic mass is 16.5. The third-order valence-corrected chi connectivity index (χ3v) is 6.38. The van der Waals surface area contributed by atoms with Gasteiger partial charge in [0.25, 0.3) is 5.56 Å². The Morgan fingerprint density at radius 3 is 2.79 bits per heavy atom. The third kappa shape index (κ3) is 2.98. The number of ether oxygens (including phenoxy) is 1. The number of aromatic nitrogens is 2. The van der Waals surface area contributed by atoms with Crippen LogP contribution in [0.3, 0.4) is 0 Å². The van der Waals surface area contributed by atoms with Crippen molar-refractivity contribution in [3.8, 4) is 0 Å². The highest BCUT2D eigenvalue weighted by molar-refractivity contribution is 6.00. The van der Waals surface area contributed by atoms with E-state index in [1.807, 2.05) is 0 Å². The van der Waals surface area contributed by atoms with Crippen molar-refractivity contribution in [2.24, 2.45) is 5.92 Å². The van der Waals surface area contributed by atoms with Crippen LogP contribution in [-0.4, -0.2) is 42.1 Å². The van der Waals surface area contributed by atoms with E-state index in [2.05, 4.69) is 27.4 Å². The van der Waals surface area contributed by atoms with E-state index in [1.165, 1.54) is 0 Å². The first-order valence-corrected chi connectivity index (χ1v) is 10.4. The number of H-pyrrole nitrogens is 1. The SMILES string of the molecule is O=C1CCCC2=C1[C@H]([C@@H]1CC=CCC1)c1c(nc(N3CCOCC3)[nH]c1=O)N2. The van der Waals surface area contributed by atoms with Crippen molar-refractivity contribution in [3.63, 3.8) is 0 Å². The van der Waals surface area contributed by atoms with Crippen molar-refractivity contribution in [1.82, 2.24) is 9.97 Å². The molecule has 0 amide bonds. The van der Waals surface area contributed by atoms with Crippen molar-refractivity contribution < 1.29 is 9.53 Å². The molecule has 1 saturated heterocycles. The van der Waals surface area contributed by atoms with Crippen LogP contribution in [0.15, 0.2) is 28.2 Å². The first-order valence-electron chi connectivity index (χ1n) is 10.4. The number of Topliss-reactive ketones (excluding diaryl/α,β-unsaturated/α-hetero) is 1. The van der Waals surface area contributed by atoms with Crippen molar-refractivity contribution in [2.75, 3.05) is 36.5 Å². The summed E-state index contributed by atoms with van der Waals surface area (Å²) in [6, 6.07) is 0. The molecule has 1 aromatic rings. The van der Waals surface area contributed by atoms with E-state index in [-0.39, 0.29) is 23.2 Å². The first kappa shape index (κ1) is 17.7. The fourth-order valence-electron chi connectivity index (χ4n) is 5.01. The highest BCUT2D eigenvalue weighted by Gasteiger charge is 2.41. The molecule has 2 aliphatic carbocycles. The van der Waals surface area contributed by atoms with E-state index in [4.69, 9.17) is 9.72 Å². The van der Waals surface area contributed by atoms with Crippen LogP contribution in [0.1, 0.15) is 50.0 Å². The number of anilines is 2. The van der Waals surface area contributed by atoms with Crippen LogP contribution in [0.5, 0.6) is 0 Å². The summed E-state index contributed by atoms with van der Waals surface area (Å²) in [6.45, 7) is 2.69. The number of carbonyl (C=O) groups excluding carboxylic acids is 1. The second-order valence-electron chi connectivity index (χ2n) is 8.07. The number of nitrogens with zero attached hydrogens (tertiary/aromatic N) is 2. The highest BCUT2D eigenvalue weighted by Crippen LogP contribution is 2.46. The zero-order valence-corrected chi connectivity index (χ0v) is 16.0. The summed E-state index contributed by atoms with van der Waals surface area (Å²) < 4.78 is 5.41. The molecule has 0 radical (unpaired) electrons. The van der Waals surface area contributed by atoms with Crippen molar-refractivity contribution in [3.05, 3.63) is 39.3 Å². The minimum atomic E-state index is -0.154. The number of rotatable bonds is 2. The molecule has 0 unspecified atom stereocenters. The smallest absolute Gasteiger partial charge is 0.258 e. The van der Waals surface area contributed by atoms with E-state index in [0.29, 0.717) is 50.1 Å². The Labute approximate surface area is 163 Å². The van der Waals surface area contributed by atoms with Gasteiger partial charge in [0.05, 0.1) is 18.8 Å². The van der Waals surface area contributed by atoms with Crippen LogP contribution in [0, 0.1) is 5.92 Å². The fraction of sp³-hybridized carbons (Fsp3) is 0.571. The molecule has 3 heterocycles. The van der Waals surface area contributed by atoms with Crippen molar-refractivity contribution in [2.45, 2.75) is 44.4 Å². The lowest BCUT2D eigenvalue weighted by atomic mass is 9.70. The minimum absolute atomic E-state index is 0.122. The molecule has 2 N–H and O–H groups in total. The Morgan fingerprint density at radius 1 is 1.14 bits per heavy atom. The molecular formula is C21H26N4O3. The number of aromatic amines is 1. The summed E-state index contributed by atoms with van der Waals surface area (Å²) in [5, 5.41) is 3.37. The zero-order valence-electron chi connectivity index (χ0n) is 16.0. The van der Waals surface area contributed by atoms with E-state index in [0.717, 1.165) is 43.4 Å². The molecule has 0 bridgehead atoms. The average Bonchev–Trinajstić information content (AvgIpc) is 2.73. The number of ketones is 1. The van der Waals surface area contributed by atoms with Gasteiger partial charge in [0.2, 0.25) is 5.95 Å². The van der Waals surface area contributed by atoms with Gasteiger partial charge >= 0.3 is 0 Å². The van der Waals surface area contributed by atoms with Gasteiger partial charge < -0.3 is 15.0 Å². The van der Waals surface area contributed by atoms with Crippen molar-refractivity contribution >= 4 is 17.5 Å². The van der Waals surface area contributed by atoms with Crippen LogP contribution in [-0.2, 0) is 9.53 Å². The monoisotopic (exact) mass is 382 g/mol. The van der Waals surface area contributed by atoms with Crippen molar-refractivity contribution in [1.29, 1.82) is 0 Å². The molecule has 0 spiro atoms. The first-order chi connectivity index (χ1) is 13.7. The lowest BCUT2D eigenvalue weighted by Crippen LogP contribution is -2.40. The largest absolute Gasteiger partial charge is 0.378 e. The van der Waals surface area contributed by atoms with Gasteiger partial charge in [-0.15, -0.1) is 0 Å². The second-order valence-corrected chi connectivity index (χ2v) is 8.07. The number of morpholine rings is 1. The predicted molar refractivity (Wildman–Crippen MR) is 107 cm³/mol. The molecule has 0 saturated carbocycles. The molecule has 1 aromatic heterocycles. The van der Waals surface area contributed by atoms with E-state index in [1.54, 1.807) is 0 Å². The number of hydrogen-bond acceptors (Lipinski definition) is 6. The topological polar surface area (TPSA) is 87.3 Å². The minimum Gasteiger partial charge on any atom is -0.378 e. The molecule has 148 valence electrons. The number of fused-ring (bicyclic) bond motifs is 1. The van der Waals surface area contributed by atoms with Gasteiger partial charge in [-0.1, -0.05) is 12.2 Å². The van der Waals surface area contributed by atoms with Gasteiger partial charge in [-0.2, -0.15) is 4.98 Å². The summed E-state index contributed by atoms with van der Waals surface area (Å²) >= 11 is 0. The maximum absolute atomic E-state index is 13.2. The molecule has 4 aliphatic rings. The Kier molecular flexibility index (Phi) is 4.55. The normalized spacial score (nSPS) is 27.3. The van der Waals surface area contributed by atoms with Crippen LogP contribution in [0.4, 0.5) is 11.8 Å². The van der Waals surface area contributed by atoms with Gasteiger partial charge in [0.15, 0.2) is 5.78 Å². The zero-order chi connectivity index (χ0) is 19.1. The van der Waals surface area contributed by atoms with Gasteiger partial charge in [-0.05, 0) is 38.0 Å². The lowest BCUT2D eigenvalue weighted by Gasteiger charge is -2.37. The van der Waals surface area contributed by atoms with Crippen LogP contribution in [0.2, 0.25) is 0 Å². The Morgan fingerprint density at radius 2 is 2.00 bits per heavy atom. The molecule has 2 aliphatic heterocycles. The van der Waals surface area contributed by atoms with Crippen LogP contribution in [0.25, 0.3) is 0 Å². The Hall–Kier alpha value is -2.41. The molecule has 2 atom stereocenters. The molecule has 7 heteroatoms. The quantitative estimate of drug-likeness (QED) is 0.764. The Balaban J connectivity index is 1.61. The number of nitrogens with one attached hydrogen (secondary N) is 2. The number of hydrogen-bond donors (Lipinski definition) is 2. The van der Waals surface area contributed by atoms with E-state index >= 15 is 0 Å². The van der Waals surface area contributed by atoms with Crippen LogP contribution >= 0.6 is 0 Å². The number of allylic oxidation sites excluding steroid dienone is 4. The van der Waals surface area contributed by atoms with Gasteiger partial charge in [-0.3, -0.25) is 14.6 Å². The maximum atomic E-state index is 13.2. The van der Waals surface area contributed by atoms with Gasteiger partial charge in [0, 0.05) is 36.7 Å². The molecule has 7 nitrogen and oxygen atoms in total. The molecular weight excluding hydrogens is 356 g/mol. The summed E-state index contributed by atoms with van der Waals surface area (Å²) in [5.41, 5.74) is 2.34. The summed E-state index contributed by atoms with van der Waals surface area (Å²) in [5.74, 6) is 1.54. The molecule has 5 rings (SSSR count). The number of carbonyl (C=O) groups is 1. The van der Waals surface area contributed by atoms with E-state index in [9.17, 15) is 9.59 Å². The van der Waals surface area contributed by atoms with Gasteiger partial charge in [-0.25, -0.2) is 0 Å². The average molecular weight is 382 g/mol. The third-order valence-electron chi connectivity index (χ3n) is 6.38. The molecule has 0 aromatic carbocycles. The summed E-state index contributed by atoms with van der Waals surface area (Å²) in [4.78, 5) is 35.9. The van der Waals surface area contributed by atoms with E-state index < -0.39 is 0 Å². The standard InChI is InChI=1S/C21H26N4O3/c26-15-8-4-7-14-17(15)16(13-5-2-1-3-6-13)18-19(22-14)23-21(24-20(18)27)25-9-11-28-12-10-25/h1-2,13,16H,3-12H2,(H2,22,23,24,27)/t13-,16+/m1/s1.